The standard InChI is InChI=1S/C15H19F2NO2/c1-20-14(19)15(9-18,7-10-5-6-10)8-11-3-2-4-12(16)13(11)17/h2-4,10H,5-9,18H2,1H3. The molecule has 2 N–H and O–H groups in total. The van der Waals surface area contributed by atoms with Gasteiger partial charge in [-0.2, -0.15) is 0 Å². The van der Waals surface area contributed by atoms with Crippen molar-refractivity contribution in [2.45, 2.75) is 25.7 Å². The molecule has 110 valence electrons. The van der Waals surface area contributed by atoms with E-state index in [4.69, 9.17) is 10.5 Å². The van der Waals surface area contributed by atoms with Crippen molar-refractivity contribution in [1.29, 1.82) is 0 Å². The quantitative estimate of drug-likeness (QED) is 0.816. The molecule has 1 fully saturated rings. The molecule has 0 aromatic heterocycles. The maximum absolute atomic E-state index is 13.8. The summed E-state index contributed by atoms with van der Waals surface area (Å²) < 4.78 is 32.0. The largest absolute Gasteiger partial charge is 0.469 e. The van der Waals surface area contributed by atoms with Crippen molar-refractivity contribution in [3.8, 4) is 0 Å². The number of nitrogens with two attached hydrogens (primary N) is 1. The fraction of sp³-hybridized carbons (Fsp3) is 0.533. The van der Waals surface area contributed by atoms with Crippen molar-refractivity contribution in [3.05, 3.63) is 35.4 Å². The van der Waals surface area contributed by atoms with Crippen LogP contribution in [0, 0.1) is 23.0 Å². The Morgan fingerprint density at radius 1 is 1.45 bits per heavy atom. The molecule has 1 atom stereocenters. The third kappa shape index (κ3) is 2.98. The molecule has 0 spiro atoms. The van der Waals surface area contributed by atoms with Gasteiger partial charge in [-0.25, -0.2) is 8.78 Å². The van der Waals surface area contributed by atoms with Crippen LogP contribution >= 0.6 is 0 Å². The van der Waals surface area contributed by atoms with Crippen molar-refractivity contribution in [1.82, 2.24) is 0 Å². The van der Waals surface area contributed by atoms with Crippen LogP contribution in [0.1, 0.15) is 24.8 Å². The molecule has 1 aromatic carbocycles. The Balaban J connectivity index is 2.30. The molecule has 20 heavy (non-hydrogen) atoms. The van der Waals surface area contributed by atoms with Gasteiger partial charge in [0.15, 0.2) is 11.6 Å². The maximum Gasteiger partial charge on any atom is 0.313 e. The second kappa shape index (κ2) is 5.87. The normalized spacial score (nSPS) is 17.6. The molecule has 0 bridgehead atoms. The molecule has 1 aliphatic rings. The van der Waals surface area contributed by atoms with Crippen LogP contribution in [0.2, 0.25) is 0 Å². The Bertz CT molecular complexity index is 503. The number of esters is 1. The molecule has 1 saturated carbocycles. The minimum absolute atomic E-state index is 0.0616. The van der Waals surface area contributed by atoms with Crippen LogP contribution in [-0.4, -0.2) is 19.6 Å². The number of halogens is 2. The average molecular weight is 283 g/mol. The number of methoxy groups -OCH3 is 1. The topological polar surface area (TPSA) is 52.3 Å². The zero-order valence-corrected chi connectivity index (χ0v) is 11.5. The van der Waals surface area contributed by atoms with Gasteiger partial charge in [-0.1, -0.05) is 25.0 Å². The number of benzene rings is 1. The fourth-order valence-corrected chi connectivity index (χ4v) is 2.61. The second-order valence-corrected chi connectivity index (χ2v) is 5.51. The van der Waals surface area contributed by atoms with Gasteiger partial charge < -0.3 is 10.5 Å². The highest BCUT2D eigenvalue weighted by molar-refractivity contribution is 5.77. The van der Waals surface area contributed by atoms with Gasteiger partial charge in [0.05, 0.1) is 12.5 Å². The van der Waals surface area contributed by atoms with Gasteiger partial charge in [0.1, 0.15) is 0 Å². The van der Waals surface area contributed by atoms with E-state index in [9.17, 15) is 13.6 Å². The lowest BCUT2D eigenvalue weighted by Crippen LogP contribution is -2.42. The first-order valence-electron chi connectivity index (χ1n) is 6.74. The van der Waals surface area contributed by atoms with Crippen LogP contribution in [-0.2, 0) is 16.0 Å². The van der Waals surface area contributed by atoms with Crippen LogP contribution in [0.25, 0.3) is 0 Å². The molecular formula is C15H19F2NO2. The molecule has 1 aliphatic carbocycles. The predicted molar refractivity (Wildman–Crippen MR) is 70.9 cm³/mol. The van der Waals surface area contributed by atoms with Gasteiger partial charge in [-0.3, -0.25) is 4.79 Å². The number of carbonyl (C=O) groups is 1. The smallest absolute Gasteiger partial charge is 0.313 e. The van der Waals surface area contributed by atoms with Gasteiger partial charge in [0, 0.05) is 6.54 Å². The lowest BCUT2D eigenvalue weighted by Gasteiger charge is -2.30. The average Bonchev–Trinajstić information content (AvgIpc) is 3.26. The zero-order valence-electron chi connectivity index (χ0n) is 11.5. The first-order chi connectivity index (χ1) is 9.52. The summed E-state index contributed by atoms with van der Waals surface area (Å²) in [4.78, 5) is 12.1. The Morgan fingerprint density at radius 3 is 2.70 bits per heavy atom. The Morgan fingerprint density at radius 2 is 2.15 bits per heavy atom. The van der Waals surface area contributed by atoms with E-state index in [1.54, 1.807) is 0 Å². The monoisotopic (exact) mass is 283 g/mol. The van der Waals surface area contributed by atoms with Crippen LogP contribution < -0.4 is 5.73 Å². The summed E-state index contributed by atoms with van der Waals surface area (Å²) in [6, 6.07) is 3.98. The maximum atomic E-state index is 13.8. The van der Waals surface area contributed by atoms with E-state index in [2.05, 4.69) is 0 Å². The van der Waals surface area contributed by atoms with Crippen LogP contribution in [0.3, 0.4) is 0 Å². The number of carbonyl (C=O) groups excluding carboxylic acids is 1. The van der Waals surface area contributed by atoms with Crippen molar-refractivity contribution in [2.75, 3.05) is 13.7 Å². The molecule has 0 aliphatic heterocycles. The highest BCUT2D eigenvalue weighted by Gasteiger charge is 2.43. The lowest BCUT2D eigenvalue weighted by atomic mass is 9.77. The predicted octanol–water partition coefficient (Wildman–Crippen LogP) is 2.43. The third-order valence-electron chi connectivity index (χ3n) is 3.95. The van der Waals surface area contributed by atoms with Gasteiger partial charge in [-0.05, 0) is 30.4 Å². The highest BCUT2D eigenvalue weighted by Crippen LogP contribution is 2.42. The summed E-state index contributed by atoms with van der Waals surface area (Å²) >= 11 is 0. The highest BCUT2D eigenvalue weighted by atomic mass is 19.2. The minimum atomic E-state index is -0.968. The Hall–Kier alpha value is -1.49. The summed E-state index contributed by atoms with van der Waals surface area (Å²) in [5.74, 6) is -1.85. The van der Waals surface area contributed by atoms with E-state index in [-0.39, 0.29) is 18.5 Å². The summed E-state index contributed by atoms with van der Waals surface area (Å²) in [7, 11) is 1.29. The SMILES string of the molecule is COC(=O)C(CN)(Cc1cccc(F)c1F)CC1CC1. The summed E-state index contributed by atoms with van der Waals surface area (Å²) in [6.07, 6.45) is 2.72. The molecule has 0 heterocycles. The lowest BCUT2D eigenvalue weighted by molar-refractivity contribution is -0.153. The molecule has 3 nitrogen and oxygen atoms in total. The van der Waals surface area contributed by atoms with Crippen molar-refractivity contribution in [3.63, 3.8) is 0 Å². The molecule has 0 saturated heterocycles. The van der Waals surface area contributed by atoms with E-state index >= 15 is 0 Å². The van der Waals surface area contributed by atoms with E-state index in [1.165, 1.54) is 19.2 Å². The van der Waals surface area contributed by atoms with Crippen molar-refractivity contribution in [2.24, 2.45) is 17.1 Å². The van der Waals surface area contributed by atoms with Crippen LogP contribution in [0.5, 0.6) is 0 Å². The van der Waals surface area contributed by atoms with Gasteiger partial charge in [0.25, 0.3) is 0 Å². The second-order valence-electron chi connectivity index (χ2n) is 5.51. The van der Waals surface area contributed by atoms with E-state index in [0.29, 0.717) is 12.3 Å². The number of rotatable bonds is 6. The molecule has 2 rings (SSSR count). The van der Waals surface area contributed by atoms with Gasteiger partial charge in [0.2, 0.25) is 0 Å². The first kappa shape index (κ1) is 14.9. The summed E-state index contributed by atoms with van der Waals surface area (Å²) in [6.45, 7) is 0.0616. The van der Waals surface area contributed by atoms with Gasteiger partial charge in [-0.15, -0.1) is 0 Å². The summed E-state index contributed by atoms with van der Waals surface area (Å²) in [5, 5.41) is 0. The van der Waals surface area contributed by atoms with E-state index < -0.39 is 23.0 Å². The molecule has 0 amide bonds. The van der Waals surface area contributed by atoms with Crippen LogP contribution in [0.4, 0.5) is 8.78 Å². The van der Waals surface area contributed by atoms with Crippen LogP contribution in [0.15, 0.2) is 18.2 Å². The first-order valence-corrected chi connectivity index (χ1v) is 6.74. The van der Waals surface area contributed by atoms with Crippen molar-refractivity contribution < 1.29 is 18.3 Å². The Labute approximate surface area is 117 Å². The van der Waals surface area contributed by atoms with Gasteiger partial charge >= 0.3 is 5.97 Å². The van der Waals surface area contributed by atoms with Crippen molar-refractivity contribution >= 4 is 5.97 Å². The fourth-order valence-electron chi connectivity index (χ4n) is 2.61. The minimum Gasteiger partial charge on any atom is -0.469 e. The molecule has 0 radical (unpaired) electrons. The Kier molecular flexibility index (Phi) is 4.38. The number of hydrogen-bond donors (Lipinski definition) is 1. The van der Waals surface area contributed by atoms with E-state index in [0.717, 1.165) is 18.9 Å². The van der Waals surface area contributed by atoms with E-state index in [1.807, 2.05) is 0 Å². The molecule has 5 heteroatoms. The molecular weight excluding hydrogens is 264 g/mol. The molecule has 1 aromatic rings. The zero-order chi connectivity index (χ0) is 14.8. The molecule has 1 unspecified atom stereocenters. The third-order valence-corrected chi connectivity index (χ3v) is 3.95. The summed E-state index contributed by atoms with van der Waals surface area (Å²) in [5.41, 5.74) is 4.98. The number of ether oxygens (including phenoxy) is 1. The number of hydrogen-bond acceptors (Lipinski definition) is 3.